The second-order valence-corrected chi connectivity index (χ2v) is 6.75. The van der Waals surface area contributed by atoms with Gasteiger partial charge in [0, 0.05) is 38.2 Å². The van der Waals surface area contributed by atoms with Crippen molar-refractivity contribution >= 4 is 5.91 Å². The fourth-order valence-electron chi connectivity index (χ4n) is 3.00. The highest BCUT2D eigenvalue weighted by Gasteiger charge is 2.21. The van der Waals surface area contributed by atoms with Crippen molar-refractivity contribution in [3.05, 3.63) is 17.0 Å². The van der Waals surface area contributed by atoms with E-state index in [1.165, 1.54) is 0 Å². The molecule has 0 radical (unpaired) electrons. The van der Waals surface area contributed by atoms with E-state index < -0.39 is 0 Å². The van der Waals surface area contributed by atoms with Gasteiger partial charge in [0.25, 0.3) is 0 Å². The Morgan fingerprint density at radius 3 is 2.87 bits per heavy atom. The topological polar surface area (TPSA) is 67.6 Å². The third-order valence-corrected chi connectivity index (χ3v) is 4.16. The van der Waals surface area contributed by atoms with Crippen molar-refractivity contribution in [3.8, 4) is 0 Å². The van der Waals surface area contributed by atoms with E-state index in [9.17, 15) is 4.79 Å². The molecule has 1 saturated heterocycles. The Kier molecular flexibility index (Phi) is 6.59. The van der Waals surface area contributed by atoms with Crippen molar-refractivity contribution in [2.75, 3.05) is 32.8 Å². The molecule has 1 aliphatic heterocycles. The van der Waals surface area contributed by atoms with E-state index in [1.54, 1.807) is 0 Å². The third-order valence-electron chi connectivity index (χ3n) is 4.16. The average molecular weight is 323 g/mol. The zero-order valence-electron chi connectivity index (χ0n) is 14.7. The first kappa shape index (κ1) is 17.9. The van der Waals surface area contributed by atoms with Gasteiger partial charge in [0.05, 0.1) is 18.4 Å². The maximum absolute atomic E-state index is 12.0. The van der Waals surface area contributed by atoms with Gasteiger partial charge in [-0.2, -0.15) is 0 Å². The van der Waals surface area contributed by atoms with E-state index >= 15 is 0 Å². The second-order valence-electron chi connectivity index (χ2n) is 6.75. The number of aromatic nitrogens is 1. The molecule has 0 aromatic carbocycles. The molecule has 1 aromatic heterocycles. The van der Waals surface area contributed by atoms with Crippen molar-refractivity contribution in [3.63, 3.8) is 0 Å². The van der Waals surface area contributed by atoms with Crippen LogP contribution in [0.25, 0.3) is 0 Å². The predicted octanol–water partition coefficient (Wildman–Crippen LogP) is 1.70. The Balaban J connectivity index is 1.70. The summed E-state index contributed by atoms with van der Waals surface area (Å²) in [5.41, 5.74) is 1.91. The number of ether oxygens (including phenoxy) is 1. The number of nitrogens with zero attached hydrogens (tertiary/aromatic N) is 2. The molecule has 2 heterocycles. The first-order chi connectivity index (χ1) is 11.0. The van der Waals surface area contributed by atoms with Crippen LogP contribution in [0.15, 0.2) is 4.52 Å². The zero-order valence-corrected chi connectivity index (χ0v) is 14.7. The summed E-state index contributed by atoms with van der Waals surface area (Å²) < 4.78 is 10.9. The molecule has 0 unspecified atom stereocenters. The van der Waals surface area contributed by atoms with E-state index in [0.29, 0.717) is 25.3 Å². The van der Waals surface area contributed by atoms with Crippen LogP contribution in [-0.4, -0.2) is 54.9 Å². The molecule has 2 rings (SSSR count). The lowest BCUT2D eigenvalue weighted by Gasteiger charge is -2.33. The summed E-state index contributed by atoms with van der Waals surface area (Å²) in [6, 6.07) is 0. The molecule has 6 heteroatoms. The number of hydrogen-bond donors (Lipinski definition) is 1. The van der Waals surface area contributed by atoms with Crippen LogP contribution in [0.1, 0.15) is 37.3 Å². The minimum atomic E-state index is 0.0505. The molecule has 0 aliphatic carbocycles. The normalized spacial score (nSPS) is 19.3. The van der Waals surface area contributed by atoms with Crippen LogP contribution in [0.3, 0.4) is 0 Å². The highest BCUT2D eigenvalue weighted by Crippen LogP contribution is 2.14. The Hall–Kier alpha value is -1.40. The molecule has 6 nitrogen and oxygen atoms in total. The molecule has 130 valence electrons. The van der Waals surface area contributed by atoms with Gasteiger partial charge < -0.3 is 14.6 Å². The van der Waals surface area contributed by atoms with Crippen molar-refractivity contribution in [1.29, 1.82) is 0 Å². The molecule has 1 amide bonds. The zero-order chi connectivity index (χ0) is 16.8. The number of hydrogen-bond acceptors (Lipinski definition) is 5. The molecule has 1 N–H and O–H groups in total. The lowest BCUT2D eigenvalue weighted by Crippen LogP contribution is -2.48. The van der Waals surface area contributed by atoms with Gasteiger partial charge in [0.2, 0.25) is 5.91 Å². The van der Waals surface area contributed by atoms with Gasteiger partial charge in [-0.1, -0.05) is 19.0 Å². The van der Waals surface area contributed by atoms with Crippen LogP contribution in [0.2, 0.25) is 0 Å². The minimum absolute atomic E-state index is 0.0505. The van der Waals surface area contributed by atoms with Gasteiger partial charge in [0.1, 0.15) is 5.76 Å². The van der Waals surface area contributed by atoms with Gasteiger partial charge in [0.15, 0.2) is 0 Å². The predicted molar refractivity (Wildman–Crippen MR) is 88.3 cm³/mol. The fraction of sp³-hybridized carbons (Fsp3) is 0.765. The van der Waals surface area contributed by atoms with Crippen LogP contribution in [-0.2, 0) is 16.0 Å². The molecule has 1 aliphatic rings. The van der Waals surface area contributed by atoms with Gasteiger partial charge in [-0.05, 0) is 26.2 Å². The van der Waals surface area contributed by atoms with Crippen molar-refractivity contribution in [2.45, 2.75) is 46.6 Å². The number of rotatable bonds is 7. The van der Waals surface area contributed by atoms with E-state index in [4.69, 9.17) is 9.26 Å². The van der Waals surface area contributed by atoms with Gasteiger partial charge in [-0.25, -0.2) is 0 Å². The SMILES string of the molecule is Cc1noc(C)c1CCC(=O)NC[C@H]1CN(CC(C)C)CCO1. The second kappa shape index (κ2) is 8.45. The molecule has 1 aromatic rings. The van der Waals surface area contributed by atoms with E-state index in [2.05, 4.69) is 29.2 Å². The molecule has 1 atom stereocenters. The van der Waals surface area contributed by atoms with Gasteiger partial charge in [-0.3, -0.25) is 9.69 Å². The van der Waals surface area contributed by atoms with Crippen molar-refractivity contribution in [2.24, 2.45) is 5.92 Å². The summed E-state index contributed by atoms with van der Waals surface area (Å²) in [5.74, 6) is 1.50. The van der Waals surface area contributed by atoms with Crippen molar-refractivity contribution < 1.29 is 14.1 Å². The Morgan fingerprint density at radius 1 is 1.43 bits per heavy atom. The summed E-state index contributed by atoms with van der Waals surface area (Å²) in [6.07, 6.45) is 1.20. The minimum Gasteiger partial charge on any atom is -0.374 e. The van der Waals surface area contributed by atoms with Crippen LogP contribution < -0.4 is 5.32 Å². The first-order valence-electron chi connectivity index (χ1n) is 8.48. The summed E-state index contributed by atoms with van der Waals surface area (Å²) in [4.78, 5) is 14.4. The fourth-order valence-corrected chi connectivity index (χ4v) is 3.00. The first-order valence-corrected chi connectivity index (χ1v) is 8.48. The molecule has 1 fully saturated rings. The molecule has 0 spiro atoms. The maximum atomic E-state index is 12.0. The van der Waals surface area contributed by atoms with Crippen LogP contribution in [0.5, 0.6) is 0 Å². The molecule has 0 saturated carbocycles. The van der Waals surface area contributed by atoms with Crippen LogP contribution >= 0.6 is 0 Å². The lowest BCUT2D eigenvalue weighted by molar-refractivity contribution is -0.122. The summed E-state index contributed by atoms with van der Waals surface area (Å²) in [5, 5.41) is 6.90. The number of amides is 1. The average Bonchev–Trinajstić information content (AvgIpc) is 2.81. The number of morpholine rings is 1. The van der Waals surface area contributed by atoms with Gasteiger partial charge >= 0.3 is 0 Å². The largest absolute Gasteiger partial charge is 0.374 e. The Bertz CT molecular complexity index is 494. The maximum Gasteiger partial charge on any atom is 0.220 e. The van der Waals surface area contributed by atoms with Gasteiger partial charge in [-0.15, -0.1) is 0 Å². The number of nitrogens with one attached hydrogen (secondary N) is 1. The number of aryl methyl sites for hydroxylation is 2. The van der Waals surface area contributed by atoms with Crippen molar-refractivity contribution in [1.82, 2.24) is 15.4 Å². The standard InChI is InChI=1S/C17H29N3O3/c1-12(2)10-20-7-8-22-15(11-20)9-18-17(21)6-5-16-13(3)19-23-14(16)4/h12,15H,5-11H2,1-4H3,(H,18,21)/t15-/m0/s1. The number of carbonyl (C=O) groups is 1. The smallest absolute Gasteiger partial charge is 0.220 e. The molecule has 0 bridgehead atoms. The monoisotopic (exact) mass is 323 g/mol. The summed E-state index contributed by atoms with van der Waals surface area (Å²) >= 11 is 0. The lowest BCUT2D eigenvalue weighted by atomic mass is 10.1. The number of carbonyl (C=O) groups excluding carboxylic acids is 1. The summed E-state index contributed by atoms with van der Waals surface area (Å²) in [6.45, 7) is 12.5. The molecular formula is C17H29N3O3. The highest BCUT2D eigenvalue weighted by atomic mass is 16.5. The molecule has 23 heavy (non-hydrogen) atoms. The summed E-state index contributed by atoms with van der Waals surface area (Å²) in [7, 11) is 0. The van der Waals surface area contributed by atoms with Crippen LogP contribution in [0, 0.1) is 19.8 Å². The Morgan fingerprint density at radius 2 is 2.22 bits per heavy atom. The third kappa shape index (κ3) is 5.62. The quantitative estimate of drug-likeness (QED) is 0.827. The van der Waals surface area contributed by atoms with Crippen LogP contribution in [0.4, 0.5) is 0 Å². The van der Waals surface area contributed by atoms with E-state index in [0.717, 1.165) is 43.3 Å². The van der Waals surface area contributed by atoms with E-state index in [1.807, 2.05) is 13.8 Å². The molecular weight excluding hydrogens is 294 g/mol. The highest BCUT2D eigenvalue weighted by molar-refractivity contribution is 5.76. The van der Waals surface area contributed by atoms with E-state index in [-0.39, 0.29) is 12.0 Å². The Labute approximate surface area is 138 Å².